The van der Waals surface area contributed by atoms with E-state index in [1.165, 1.54) is 23.2 Å². The Balaban J connectivity index is 1.87. The Bertz CT molecular complexity index is 1410. The van der Waals surface area contributed by atoms with Crippen molar-refractivity contribution in [2.24, 2.45) is 14.1 Å². The molecule has 0 saturated carbocycles. The topological polar surface area (TPSA) is 82.3 Å². The van der Waals surface area contributed by atoms with Crippen LogP contribution in [0.25, 0.3) is 11.0 Å². The summed E-state index contributed by atoms with van der Waals surface area (Å²) in [5, 5.41) is 2.86. The normalized spacial score (nSPS) is 10.8. The van der Waals surface area contributed by atoms with Gasteiger partial charge in [-0.25, -0.2) is 0 Å². The average Bonchev–Trinajstić information content (AvgIpc) is 2.78. The van der Waals surface area contributed by atoms with Crippen LogP contribution in [0, 0.1) is 0 Å². The Labute approximate surface area is 185 Å². The molecule has 0 spiro atoms. The second-order valence-electron chi connectivity index (χ2n) is 6.94. The van der Waals surface area contributed by atoms with E-state index in [1.807, 2.05) is 18.2 Å². The van der Waals surface area contributed by atoms with Crippen molar-refractivity contribution < 1.29 is 9.53 Å². The van der Waals surface area contributed by atoms with E-state index < -0.39 is 11.1 Å². The number of amides is 1. The smallest absolute Gasteiger partial charge is 0.316 e. The molecule has 0 atom stereocenters. The van der Waals surface area contributed by atoms with Crippen molar-refractivity contribution in [3.05, 3.63) is 97.5 Å². The number of carbonyl (C=O) groups excluding carboxylic acids is 1. The van der Waals surface area contributed by atoms with Crippen LogP contribution in [-0.2, 0) is 14.1 Å². The third-order valence-corrected chi connectivity index (χ3v) is 5.45. The molecule has 0 bridgehead atoms. The van der Waals surface area contributed by atoms with E-state index in [0.717, 1.165) is 4.47 Å². The van der Waals surface area contributed by atoms with Gasteiger partial charge < -0.3 is 19.2 Å². The van der Waals surface area contributed by atoms with Crippen LogP contribution in [0.15, 0.2) is 80.8 Å². The number of carbonyl (C=O) groups is 1. The highest BCUT2D eigenvalue weighted by molar-refractivity contribution is 9.10. The SMILES string of the molecule is Cn1c(=O)c(=O)n(C)c2cc(Oc3ccccc3)c(NC(=O)c3ccc(Br)cc3)cc21. The lowest BCUT2D eigenvalue weighted by molar-refractivity contribution is 0.102. The number of benzene rings is 3. The standard InChI is InChI=1S/C23H18BrN3O4/c1-26-18-12-17(25-21(28)14-8-10-15(24)11-9-14)20(31-16-6-4-3-5-7-16)13-19(18)27(2)23(30)22(26)29/h3-13H,1-2H3,(H,25,28). The van der Waals surface area contributed by atoms with Crippen LogP contribution in [0.5, 0.6) is 11.5 Å². The number of ether oxygens (including phenoxy) is 1. The first-order valence-corrected chi connectivity index (χ1v) is 10.2. The quantitative estimate of drug-likeness (QED) is 0.447. The Hall–Kier alpha value is -3.65. The van der Waals surface area contributed by atoms with Crippen LogP contribution >= 0.6 is 15.9 Å². The number of hydrogen-bond acceptors (Lipinski definition) is 4. The number of nitrogens with zero attached hydrogens (tertiary/aromatic N) is 2. The minimum Gasteiger partial charge on any atom is -0.455 e. The van der Waals surface area contributed by atoms with Crippen LogP contribution in [0.1, 0.15) is 10.4 Å². The van der Waals surface area contributed by atoms with Gasteiger partial charge in [-0.05, 0) is 42.5 Å². The molecule has 0 aliphatic rings. The summed E-state index contributed by atoms with van der Waals surface area (Å²) in [4.78, 5) is 37.4. The molecule has 8 heteroatoms. The van der Waals surface area contributed by atoms with Crippen molar-refractivity contribution in [2.75, 3.05) is 5.32 Å². The van der Waals surface area contributed by atoms with Crippen molar-refractivity contribution in [3.8, 4) is 11.5 Å². The maximum absolute atomic E-state index is 12.8. The maximum Gasteiger partial charge on any atom is 0.316 e. The second-order valence-corrected chi connectivity index (χ2v) is 7.86. The zero-order valence-corrected chi connectivity index (χ0v) is 18.3. The number of para-hydroxylation sites is 1. The van der Waals surface area contributed by atoms with Gasteiger partial charge in [-0.2, -0.15) is 0 Å². The second kappa shape index (κ2) is 8.23. The summed E-state index contributed by atoms with van der Waals surface area (Å²) < 4.78 is 9.41. The van der Waals surface area contributed by atoms with Crippen molar-refractivity contribution in [3.63, 3.8) is 0 Å². The molecule has 4 aromatic rings. The summed E-state index contributed by atoms with van der Waals surface area (Å²) in [5.41, 5.74) is 0.517. The maximum atomic E-state index is 12.8. The van der Waals surface area contributed by atoms with Crippen molar-refractivity contribution in [2.45, 2.75) is 0 Å². The van der Waals surface area contributed by atoms with Gasteiger partial charge >= 0.3 is 11.1 Å². The third-order valence-electron chi connectivity index (χ3n) is 4.92. The zero-order valence-electron chi connectivity index (χ0n) is 16.8. The van der Waals surface area contributed by atoms with E-state index in [0.29, 0.717) is 33.8 Å². The predicted octanol–water partition coefficient (Wildman–Crippen LogP) is 4.04. The summed E-state index contributed by atoms with van der Waals surface area (Å²) in [5.74, 6) is 0.577. The molecule has 0 unspecified atom stereocenters. The van der Waals surface area contributed by atoms with Crippen LogP contribution in [0.2, 0.25) is 0 Å². The lowest BCUT2D eigenvalue weighted by atomic mass is 10.2. The summed E-state index contributed by atoms with van der Waals surface area (Å²) in [6.07, 6.45) is 0. The molecule has 0 saturated heterocycles. The molecule has 0 aliphatic heterocycles. The summed E-state index contributed by atoms with van der Waals surface area (Å²) in [6, 6.07) is 19.3. The summed E-state index contributed by atoms with van der Waals surface area (Å²) >= 11 is 3.35. The number of nitrogens with one attached hydrogen (secondary N) is 1. The van der Waals surface area contributed by atoms with Gasteiger partial charge in [0.2, 0.25) is 0 Å². The van der Waals surface area contributed by atoms with E-state index in [-0.39, 0.29) is 5.91 Å². The van der Waals surface area contributed by atoms with Crippen molar-refractivity contribution in [1.29, 1.82) is 0 Å². The molecule has 4 rings (SSSR count). The molecule has 1 N–H and O–H groups in total. The summed E-state index contributed by atoms with van der Waals surface area (Å²) in [6.45, 7) is 0. The predicted molar refractivity (Wildman–Crippen MR) is 123 cm³/mol. The number of rotatable bonds is 4. The van der Waals surface area contributed by atoms with Gasteiger partial charge in [0.1, 0.15) is 5.75 Å². The molecule has 31 heavy (non-hydrogen) atoms. The highest BCUT2D eigenvalue weighted by Crippen LogP contribution is 2.33. The van der Waals surface area contributed by atoms with E-state index in [9.17, 15) is 14.4 Å². The molecular weight excluding hydrogens is 462 g/mol. The van der Waals surface area contributed by atoms with Gasteiger partial charge in [-0.3, -0.25) is 14.4 Å². The highest BCUT2D eigenvalue weighted by Gasteiger charge is 2.16. The first kappa shape index (κ1) is 20.6. The molecule has 156 valence electrons. The molecule has 0 aliphatic carbocycles. The van der Waals surface area contributed by atoms with E-state index in [4.69, 9.17) is 4.74 Å². The van der Waals surface area contributed by atoms with Crippen LogP contribution < -0.4 is 21.2 Å². The Morgan fingerprint density at radius 2 is 1.45 bits per heavy atom. The average molecular weight is 480 g/mol. The molecule has 1 heterocycles. The van der Waals surface area contributed by atoms with Gasteiger partial charge in [-0.1, -0.05) is 34.1 Å². The largest absolute Gasteiger partial charge is 0.455 e. The number of halogens is 1. The molecule has 1 amide bonds. The van der Waals surface area contributed by atoms with E-state index >= 15 is 0 Å². The number of aryl methyl sites for hydroxylation is 2. The number of aromatic nitrogens is 2. The minimum absolute atomic E-state index is 0.334. The minimum atomic E-state index is -0.656. The van der Waals surface area contributed by atoms with Gasteiger partial charge in [0.15, 0.2) is 5.75 Å². The van der Waals surface area contributed by atoms with Crippen LogP contribution in [0.4, 0.5) is 5.69 Å². The Kier molecular flexibility index (Phi) is 5.48. The van der Waals surface area contributed by atoms with Gasteiger partial charge in [0, 0.05) is 30.2 Å². The van der Waals surface area contributed by atoms with Gasteiger partial charge in [0.05, 0.1) is 16.7 Å². The molecule has 0 radical (unpaired) electrons. The zero-order chi connectivity index (χ0) is 22.1. The first-order chi connectivity index (χ1) is 14.8. The molecule has 7 nitrogen and oxygen atoms in total. The van der Waals surface area contributed by atoms with Crippen molar-refractivity contribution >= 4 is 38.6 Å². The fourth-order valence-corrected chi connectivity index (χ4v) is 3.46. The summed E-state index contributed by atoms with van der Waals surface area (Å²) in [7, 11) is 3.04. The number of anilines is 1. The fourth-order valence-electron chi connectivity index (χ4n) is 3.19. The van der Waals surface area contributed by atoms with E-state index in [2.05, 4.69) is 21.2 Å². The Morgan fingerprint density at radius 3 is 2.06 bits per heavy atom. The number of fused-ring (bicyclic) bond motifs is 1. The lowest BCUT2D eigenvalue weighted by Gasteiger charge is -2.16. The fraction of sp³-hybridized carbons (Fsp3) is 0.0870. The first-order valence-electron chi connectivity index (χ1n) is 9.39. The van der Waals surface area contributed by atoms with Gasteiger partial charge in [-0.15, -0.1) is 0 Å². The van der Waals surface area contributed by atoms with Gasteiger partial charge in [0.25, 0.3) is 5.91 Å². The molecule has 1 aromatic heterocycles. The molecule has 3 aromatic carbocycles. The molecule has 0 fully saturated rings. The lowest BCUT2D eigenvalue weighted by Crippen LogP contribution is -2.39. The van der Waals surface area contributed by atoms with Crippen LogP contribution in [-0.4, -0.2) is 15.0 Å². The third kappa shape index (κ3) is 4.02. The van der Waals surface area contributed by atoms with Crippen LogP contribution in [0.3, 0.4) is 0 Å². The number of hydrogen-bond donors (Lipinski definition) is 1. The monoisotopic (exact) mass is 479 g/mol. The van der Waals surface area contributed by atoms with Crippen molar-refractivity contribution in [1.82, 2.24) is 9.13 Å². The molecular formula is C23H18BrN3O4. The highest BCUT2D eigenvalue weighted by atomic mass is 79.9. The van der Waals surface area contributed by atoms with E-state index in [1.54, 1.807) is 48.5 Å². The Morgan fingerprint density at radius 1 is 0.871 bits per heavy atom.